The van der Waals surface area contributed by atoms with E-state index >= 15 is 0 Å². The maximum atomic E-state index is 12.2. The lowest BCUT2D eigenvalue weighted by atomic mass is 10.1. The minimum atomic E-state index is -0.281. The molecule has 2 N–H and O–H groups in total. The Kier molecular flexibility index (Phi) is 10.6. The van der Waals surface area contributed by atoms with Crippen molar-refractivity contribution in [2.45, 2.75) is 46.7 Å². The van der Waals surface area contributed by atoms with Gasteiger partial charge in [-0.2, -0.15) is 0 Å². The van der Waals surface area contributed by atoms with Crippen LogP contribution in [0, 0.1) is 0 Å². The second-order valence-electron chi connectivity index (χ2n) is 7.46. The monoisotopic (exact) mass is 425 g/mol. The summed E-state index contributed by atoms with van der Waals surface area (Å²) in [6.45, 7) is 10.4. The summed E-state index contributed by atoms with van der Waals surface area (Å²) in [5, 5.41) is 5.50. The first-order valence-electron chi connectivity index (χ1n) is 11.1. The van der Waals surface area contributed by atoms with Crippen molar-refractivity contribution in [1.82, 2.24) is 15.5 Å². The SMILES string of the molecule is CCCCOc1ccc(C(=O)NCC(=O)NCc2ccc(CN(CC)CC)cc2)cc1. The molecule has 0 saturated heterocycles. The number of unbranched alkanes of at least 4 members (excludes halogenated alkanes) is 1. The molecule has 168 valence electrons. The molecule has 2 rings (SSSR count). The van der Waals surface area contributed by atoms with Crippen LogP contribution in [0.1, 0.15) is 55.1 Å². The lowest BCUT2D eigenvalue weighted by Crippen LogP contribution is -2.36. The molecule has 2 aromatic carbocycles. The molecule has 0 aromatic heterocycles. The first-order valence-corrected chi connectivity index (χ1v) is 11.1. The Morgan fingerprint density at radius 2 is 1.52 bits per heavy atom. The number of hydrogen-bond acceptors (Lipinski definition) is 4. The summed E-state index contributed by atoms with van der Waals surface area (Å²) in [5.41, 5.74) is 2.79. The standard InChI is InChI=1S/C25H35N3O3/c1-4-7-16-31-23-14-12-22(13-15-23)25(30)27-18-24(29)26-17-20-8-10-21(11-9-20)19-28(5-2)6-3/h8-15H,4-7,16-19H2,1-3H3,(H,26,29)(H,27,30). The quantitative estimate of drug-likeness (QED) is 0.480. The number of nitrogens with one attached hydrogen (secondary N) is 2. The third-order valence-corrected chi connectivity index (χ3v) is 5.11. The van der Waals surface area contributed by atoms with E-state index in [2.05, 4.69) is 48.4 Å². The van der Waals surface area contributed by atoms with E-state index in [-0.39, 0.29) is 18.4 Å². The van der Waals surface area contributed by atoms with Crippen molar-refractivity contribution in [2.24, 2.45) is 0 Å². The zero-order valence-electron chi connectivity index (χ0n) is 18.9. The van der Waals surface area contributed by atoms with Crippen molar-refractivity contribution < 1.29 is 14.3 Å². The van der Waals surface area contributed by atoms with E-state index in [1.807, 2.05) is 12.1 Å². The molecular formula is C25H35N3O3. The van der Waals surface area contributed by atoms with Gasteiger partial charge in [0.05, 0.1) is 13.2 Å². The van der Waals surface area contributed by atoms with Crippen molar-refractivity contribution in [3.63, 3.8) is 0 Å². The molecule has 0 spiro atoms. The zero-order chi connectivity index (χ0) is 22.5. The van der Waals surface area contributed by atoms with Gasteiger partial charge in [0, 0.05) is 18.7 Å². The van der Waals surface area contributed by atoms with Crippen LogP contribution in [0.15, 0.2) is 48.5 Å². The van der Waals surface area contributed by atoms with E-state index in [0.717, 1.165) is 43.8 Å². The first kappa shape index (κ1) is 24.4. The van der Waals surface area contributed by atoms with Crippen LogP contribution in [-0.4, -0.2) is 43.0 Å². The Labute approximate surface area is 186 Å². The number of rotatable bonds is 13. The highest BCUT2D eigenvalue weighted by Crippen LogP contribution is 2.12. The van der Waals surface area contributed by atoms with Crippen molar-refractivity contribution >= 4 is 11.8 Å². The van der Waals surface area contributed by atoms with Gasteiger partial charge in [0.2, 0.25) is 5.91 Å². The molecule has 0 heterocycles. The summed E-state index contributed by atoms with van der Waals surface area (Å²) in [5.74, 6) is 0.238. The Bertz CT molecular complexity index is 800. The van der Waals surface area contributed by atoms with Crippen molar-refractivity contribution in [2.75, 3.05) is 26.2 Å². The maximum absolute atomic E-state index is 12.2. The van der Waals surface area contributed by atoms with E-state index in [9.17, 15) is 9.59 Å². The van der Waals surface area contributed by atoms with Gasteiger partial charge >= 0.3 is 0 Å². The number of benzene rings is 2. The predicted octanol–water partition coefficient (Wildman–Crippen LogP) is 3.75. The lowest BCUT2D eigenvalue weighted by molar-refractivity contribution is -0.120. The van der Waals surface area contributed by atoms with Gasteiger partial charge in [0.25, 0.3) is 5.91 Å². The van der Waals surface area contributed by atoms with Gasteiger partial charge in [-0.05, 0) is 54.9 Å². The molecule has 0 aliphatic heterocycles. The molecule has 0 aliphatic carbocycles. The van der Waals surface area contributed by atoms with Crippen molar-refractivity contribution in [3.8, 4) is 5.75 Å². The molecule has 0 fully saturated rings. The molecule has 0 bridgehead atoms. The number of hydrogen-bond donors (Lipinski definition) is 2. The van der Waals surface area contributed by atoms with E-state index in [0.29, 0.717) is 18.7 Å². The lowest BCUT2D eigenvalue weighted by Gasteiger charge is -2.18. The van der Waals surface area contributed by atoms with Crippen LogP contribution in [0.3, 0.4) is 0 Å². The average Bonchev–Trinajstić information content (AvgIpc) is 2.81. The Morgan fingerprint density at radius 3 is 2.13 bits per heavy atom. The van der Waals surface area contributed by atoms with E-state index in [4.69, 9.17) is 4.74 Å². The van der Waals surface area contributed by atoms with E-state index in [1.165, 1.54) is 5.56 Å². The molecule has 6 heteroatoms. The van der Waals surface area contributed by atoms with Crippen LogP contribution in [0.4, 0.5) is 0 Å². The number of nitrogens with zero attached hydrogens (tertiary/aromatic N) is 1. The van der Waals surface area contributed by atoms with Gasteiger partial charge in [-0.15, -0.1) is 0 Å². The predicted molar refractivity (Wildman–Crippen MR) is 124 cm³/mol. The fraction of sp³-hybridized carbons (Fsp3) is 0.440. The second-order valence-corrected chi connectivity index (χ2v) is 7.46. The largest absolute Gasteiger partial charge is 0.494 e. The van der Waals surface area contributed by atoms with Gasteiger partial charge in [-0.3, -0.25) is 14.5 Å². The third-order valence-electron chi connectivity index (χ3n) is 5.11. The molecule has 31 heavy (non-hydrogen) atoms. The minimum Gasteiger partial charge on any atom is -0.494 e. The van der Waals surface area contributed by atoms with Gasteiger partial charge in [-0.1, -0.05) is 51.5 Å². The topological polar surface area (TPSA) is 70.7 Å². The van der Waals surface area contributed by atoms with Gasteiger partial charge < -0.3 is 15.4 Å². The van der Waals surface area contributed by atoms with Gasteiger partial charge in [-0.25, -0.2) is 0 Å². The molecule has 2 amide bonds. The summed E-state index contributed by atoms with van der Waals surface area (Å²) >= 11 is 0. The number of carbonyl (C=O) groups is 2. The summed E-state index contributed by atoms with van der Waals surface area (Å²) in [6, 6.07) is 15.2. The van der Waals surface area contributed by atoms with Crippen LogP contribution < -0.4 is 15.4 Å². The van der Waals surface area contributed by atoms with Crippen LogP contribution in [0.2, 0.25) is 0 Å². The minimum absolute atomic E-state index is 0.0619. The maximum Gasteiger partial charge on any atom is 0.251 e. The second kappa shape index (κ2) is 13.4. The number of amides is 2. The highest BCUT2D eigenvalue weighted by molar-refractivity contribution is 5.96. The van der Waals surface area contributed by atoms with Gasteiger partial charge in [0.1, 0.15) is 5.75 Å². The summed E-state index contributed by atoms with van der Waals surface area (Å²) < 4.78 is 5.59. The van der Waals surface area contributed by atoms with E-state index in [1.54, 1.807) is 24.3 Å². The summed E-state index contributed by atoms with van der Waals surface area (Å²) in [4.78, 5) is 26.7. The molecule has 0 unspecified atom stereocenters. The number of carbonyl (C=O) groups excluding carboxylic acids is 2. The fourth-order valence-corrected chi connectivity index (χ4v) is 3.03. The average molecular weight is 426 g/mol. The Balaban J connectivity index is 1.72. The highest BCUT2D eigenvalue weighted by atomic mass is 16.5. The van der Waals surface area contributed by atoms with Gasteiger partial charge in [0.15, 0.2) is 0 Å². The highest BCUT2D eigenvalue weighted by Gasteiger charge is 2.08. The van der Waals surface area contributed by atoms with Crippen LogP contribution in [-0.2, 0) is 17.9 Å². The Morgan fingerprint density at radius 1 is 0.871 bits per heavy atom. The summed E-state index contributed by atoms with van der Waals surface area (Å²) in [6.07, 6.45) is 2.07. The van der Waals surface area contributed by atoms with Crippen LogP contribution in [0.25, 0.3) is 0 Å². The van der Waals surface area contributed by atoms with Crippen molar-refractivity contribution in [3.05, 3.63) is 65.2 Å². The third kappa shape index (κ3) is 8.80. The van der Waals surface area contributed by atoms with Crippen LogP contribution >= 0.6 is 0 Å². The normalized spacial score (nSPS) is 10.7. The van der Waals surface area contributed by atoms with Crippen LogP contribution in [0.5, 0.6) is 5.75 Å². The van der Waals surface area contributed by atoms with E-state index < -0.39 is 0 Å². The molecule has 6 nitrogen and oxygen atoms in total. The molecule has 0 aliphatic rings. The molecule has 0 radical (unpaired) electrons. The smallest absolute Gasteiger partial charge is 0.251 e. The molecular weight excluding hydrogens is 390 g/mol. The number of ether oxygens (including phenoxy) is 1. The first-order chi connectivity index (χ1) is 15.0. The van der Waals surface area contributed by atoms with Crippen molar-refractivity contribution in [1.29, 1.82) is 0 Å². The fourth-order valence-electron chi connectivity index (χ4n) is 3.03. The molecule has 0 atom stereocenters. The molecule has 0 saturated carbocycles. The molecule has 2 aromatic rings. The summed E-state index contributed by atoms with van der Waals surface area (Å²) in [7, 11) is 0. The Hall–Kier alpha value is -2.86. The zero-order valence-corrected chi connectivity index (χ0v) is 18.9.